The Balaban J connectivity index is 1.40. The summed E-state index contributed by atoms with van der Waals surface area (Å²) in [5.41, 5.74) is 2.44. The lowest BCUT2D eigenvalue weighted by Gasteiger charge is -2.39. The first-order chi connectivity index (χ1) is 16.3. The SMILES string of the molecule is COc1ccc(-n2c(SCC(=O)N3C[C@@]4(C)C[C@H]3CC(C)(C)C4)nnc2-c2ccccc2)cc1. The fourth-order valence-corrected chi connectivity index (χ4v) is 6.90. The molecule has 1 aromatic heterocycles. The van der Waals surface area contributed by atoms with Crippen LogP contribution in [0.1, 0.15) is 40.0 Å². The van der Waals surface area contributed by atoms with Gasteiger partial charge in [-0.15, -0.1) is 10.2 Å². The second-order valence-electron chi connectivity index (χ2n) is 10.7. The van der Waals surface area contributed by atoms with Gasteiger partial charge in [0.15, 0.2) is 11.0 Å². The van der Waals surface area contributed by atoms with Crippen LogP contribution in [0.5, 0.6) is 5.75 Å². The highest BCUT2D eigenvalue weighted by Gasteiger charge is 2.50. The van der Waals surface area contributed by atoms with Gasteiger partial charge in [-0.05, 0) is 54.4 Å². The number of thioether (sulfide) groups is 1. The Labute approximate surface area is 205 Å². The van der Waals surface area contributed by atoms with Crippen molar-refractivity contribution in [1.82, 2.24) is 19.7 Å². The summed E-state index contributed by atoms with van der Waals surface area (Å²) in [6.45, 7) is 7.87. The number of methoxy groups -OCH3 is 1. The van der Waals surface area contributed by atoms with Crippen LogP contribution < -0.4 is 4.74 Å². The van der Waals surface area contributed by atoms with Gasteiger partial charge in [-0.2, -0.15) is 0 Å². The van der Waals surface area contributed by atoms with Crippen molar-refractivity contribution >= 4 is 17.7 Å². The summed E-state index contributed by atoms with van der Waals surface area (Å²) in [4.78, 5) is 15.5. The fraction of sp³-hybridized carbons (Fsp3) is 0.444. The van der Waals surface area contributed by atoms with Gasteiger partial charge in [-0.3, -0.25) is 9.36 Å². The summed E-state index contributed by atoms with van der Waals surface area (Å²) < 4.78 is 7.36. The van der Waals surface area contributed by atoms with Crippen molar-refractivity contribution in [2.75, 3.05) is 19.4 Å². The first-order valence-electron chi connectivity index (χ1n) is 11.8. The zero-order chi connectivity index (χ0) is 23.9. The summed E-state index contributed by atoms with van der Waals surface area (Å²) in [6.07, 6.45) is 3.38. The van der Waals surface area contributed by atoms with Crippen molar-refractivity contribution in [3.05, 3.63) is 54.6 Å². The molecule has 1 aliphatic carbocycles. The van der Waals surface area contributed by atoms with Crippen LogP contribution >= 0.6 is 11.8 Å². The van der Waals surface area contributed by atoms with E-state index in [1.165, 1.54) is 18.2 Å². The largest absolute Gasteiger partial charge is 0.497 e. The van der Waals surface area contributed by atoms with Crippen molar-refractivity contribution in [2.24, 2.45) is 10.8 Å². The standard InChI is InChI=1S/C27H32N4O2S/c1-26(2)14-21-15-27(3,17-26)18-30(21)23(32)16-34-25-29-28-24(19-8-6-5-7-9-19)31(25)20-10-12-22(33-4)13-11-20/h5-13,21H,14-18H2,1-4H3/t21-,27+/m1/s1. The van der Waals surface area contributed by atoms with E-state index >= 15 is 0 Å². The summed E-state index contributed by atoms with van der Waals surface area (Å²) in [6, 6.07) is 18.2. The molecule has 3 aromatic rings. The van der Waals surface area contributed by atoms with Crippen LogP contribution in [-0.4, -0.2) is 51.0 Å². The first kappa shape index (κ1) is 23.0. The Morgan fingerprint density at radius 1 is 1.06 bits per heavy atom. The number of benzene rings is 2. The highest BCUT2D eigenvalue weighted by molar-refractivity contribution is 7.99. The molecule has 1 saturated heterocycles. The van der Waals surface area contributed by atoms with Gasteiger partial charge in [0.05, 0.1) is 12.9 Å². The smallest absolute Gasteiger partial charge is 0.233 e. The minimum atomic E-state index is 0.196. The van der Waals surface area contributed by atoms with Crippen LogP contribution in [-0.2, 0) is 4.79 Å². The topological polar surface area (TPSA) is 60.2 Å². The quantitative estimate of drug-likeness (QED) is 0.442. The number of hydrogen-bond acceptors (Lipinski definition) is 5. The van der Waals surface area contributed by atoms with Crippen LogP contribution in [0.2, 0.25) is 0 Å². The molecule has 2 bridgehead atoms. The number of ether oxygens (including phenoxy) is 1. The van der Waals surface area contributed by atoms with E-state index in [2.05, 4.69) is 35.9 Å². The Morgan fingerprint density at radius 2 is 1.79 bits per heavy atom. The van der Waals surface area contributed by atoms with Crippen molar-refractivity contribution in [3.63, 3.8) is 0 Å². The van der Waals surface area contributed by atoms with E-state index in [1.807, 2.05) is 59.2 Å². The molecule has 178 valence electrons. The van der Waals surface area contributed by atoms with Crippen molar-refractivity contribution in [2.45, 2.75) is 51.2 Å². The second kappa shape index (κ2) is 8.77. The van der Waals surface area contributed by atoms with E-state index in [0.29, 0.717) is 22.4 Å². The molecule has 6 nitrogen and oxygen atoms in total. The lowest BCUT2D eigenvalue weighted by atomic mass is 9.65. The monoisotopic (exact) mass is 476 g/mol. The van der Waals surface area contributed by atoms with Crippen LogP contribution in [0.3, 0.4) is 0 Å². The van der Waals surface area contributed by atoms with E-state index in [-0.39, 0.29) is 11.3 Å². The van der Waals surface area contributed by atoms with Crippen molar-refractivity contribution < 1.29 is 9.53 Å². The lowest BCUT2D eigenvalue weighted by Crippen LogP contribution is -2.38. The molecule has 0 unspecified atom stereocenters. The molecule has 0 radical (unpaired) electrons. The molecule has 0 N–H and O–H groups in total. The Hall–Kier alpha value is -2.80. The predicted octanol–water partition coefficient (Wildman–Crippen LogP) is 5.46. The molecule has 5 rings (SSSR count). The van der Waals surface area contributed by atoms with Gasteiger partial charge >= 0.3 is 0 Å². The number of aromatic nitrogens is 3. The van der Waals surface area contributed by atoms with Gasteiger partial charge < -0.3 is 9.64 Å². The Kier molecular flexibility index (Phi) is 5.92. The molecule has 2 atom stereocenters. The van der Waals surface area contributed by atoms with E-state index in [9.17, 15) is 4.79 Å². The van der Waals surface area contributed by atoms with E-state index in [4.69, 9.17) is 4.74 Å². The van der Waals surface area contributed by atoms with Gasteiger partial charge in [0.25, 0.3) is 0 Å². The molecule has 0 spiro atoms. The number of likely N-dealkylation sites (tertiary alicyclic amines) is 1. The highest BCUT2D eigenvalue weighted by atomic mass is 32.2. The van der Waals surface area contributed by atoms with Gasteiger partial charge in [0.1, 0.15) is 5.75 Å². The van der Waals surface area contributed by atoms with E-state index < -0.39 is 0 Å². The molecule has 34 heavy (non-hydrogen) atoms. The summed E-state index contributed by atoms with van der Waals surface area (Å²) in [5, 5.41) is 9.70. The van der Waals surface area contributed by atoms with E-state index in [0.717, 1.165) is 42.2 Å². The number of hydrogen-bond donors (Lipinski definition) is 0. The minimum Gasteiger partial charge on any atom is -0.497 e. The third kappa shape index (κ3) is 4.45. The van der Waals surface area contributed by atoms with Crippen LogP contribution in [0.4, 0.5) is 0 Å². The zero-order valence-corrected chi connectivity index (χ0v) is 21.1. The number of rotatable bonds is 6. The number of carbonyl (C=O) groups is 1. The first-order valence-corrected chi connectivity index (χ1v) is 12.8. The van der Waals surface area contributed by atoms with Crippen LogP contribution in [0.15, 0.2) is 59.8 Å². The molecule has 7 heteroatoms. The van der Waals surface area contributed by atoms with Crippen LogP contribution in [0.25, 0.3) is 17.1 Å². The number of fused-ring (bicyclic) bond motifs is 2. The number of amides is 1. The molecule has 1 amide bonds. The van der Waals surface area contributed by atoms with Gasteiger partial charge in [0.2, 0.25) is 5.91 Å². The fourth-order valence-electron chi connectivity index (χ4n) is 6.06. The van der Waals surface area contributed by atoms with Gasteiger partial charge in [-0.1, -0.05) is 62.9 Å². The van der Waals surface area contributed by atoms with Crippen molar-refractivity contribution in [1.29, 1.82) is 0 Å². The minimum absolute atomic E-state index is 0.196. The molecule has 2 aromatic carbocycles. The van der Waals surface area contributed by atoms with Gasteiger partial charge in [-0.25, -0.2) is 0 Å². The number of nitrogens with zero attached hydrogens (tertiary/aromatic N) is 4. The number of carbonyl (C=O) groups excluding carboxylic acids is 1. The molecule has 2 aliphatic rings. The average molecular weight is 477 g/mol. The highest BCUT2D eigenvalue weighted by Crippen LogP contribution is 2.52. The van der Waals surface area contributed by atoms with Crippen LogP contribution in [0, 0.1) is 10.8 Å². The van der Waals surface area contributed by atoms with E-state index in [1.54, 1.807) is 7.11 Å². The summed E-state index contributed by atoms with van der Waals surface area (Å²) in [5.74, 6) is 2.10. The third-order valence-corrected chi connectivity index (χ3v) is 7.97. The van der Waals surface area contributed by atoms with Gasteiger partial charge in [0, 0.05) is 23.8 Å². The molecule has 2 heterocycles. The maximum atomic E-state index is 13.4. The Bertz CT molecular complexity index is 1180. The molecule has 2 fully saturated rings. The predicted molar refractivity (Wildman–Crippen MR) is 135 cm³/mol. The zero-order valence-electron chi connectivity index (χ0n) is 20.3. The molecular weight excluding hydrogens is 444 g/mol. The Morgan fingerprint density at radius 3 is 2.50 bits per heavy atom. The summed E-state index contributed by atoms with van der Waals surface area (Å²) in [7, 11) is 1.66. The second-order valence-corrected chi connectivity index (χ2v) is 11.7. The third-order valence-electron chi connectivity index (χ3n) is 7.06. The normalized spacial score (nSPS) is 23.2. The summed E-state index contributed by atoms with van der Waals surface area (Å²) >= 11 is 1.46. The van der Waals surface area contributed by atoms with Crippen molar-refractivity contribution in [3.8, 4) is 22.8 Å². The molecule has 1 aliphatic heterocycles. The lowest BCUT2D eigenvalue weighted by molar-refractivity contribution is -0.129. The maximum absolute atomic E-state index is 13.4. The maximum Gasteiger partial charge on any atom is 0.233 e. The average Bonchev–Trinajstić information content (AvgIpc) is 3.35. The molecule has 1 saturated carbocycles. The molecular formula is C27H32N4O2S.